The molecule has 2 rings (SSSR count). The Kier molecular flexibility index (Phi) is 1.44. The molecule has 0 saturated carbocycles. The van der Waals surface area contributed by atoms with Crippen molar-refractivity contribution in [2.75, 3.05) is 0 Å². The van der Waals surface area contributed by atoms with Crippen LogP contribution in [0.15, 0.2) is 21.9 Å². The molecule has 1 amide bonds. The maximum absolute atomic E-state index is 11.1. The van der Waals surface area contributed by atoms with E-state index in [1.165, 1.54) is 0 Å². The summed E-state index contributed by atoms with van der Waals surface area (Å²) < 4.78 is 0. The van der Waals surface area contributed by atoms with E-state index < -0.39 is 16.9 Å². The van der Waals surface area contributed by atoms with Crippen LogP contribution in [0.3, 0.4) is 0 Å². The minimum absolute atomic E-state index is 0.0780. The number of rotatable bonds is 1. The number of nitrogens with zero attached hydrogens (tertiary/aromatic N) is 3. The lowest BCUT2D eigenvalue weighted by atomic mass is 10.1. The summed E-state index contributed by atoms with van der Waals surface area (Å²) in [5.74, 6) is -0.437. The first-order valence-electron chi connectivity index (χ1n) is 3.45. The number of aliphatic imine (C=N–C) groups is 2. The summed E-state index contributed by atoms with van der Waals surface area (Å²) in [5, 5.41) is 12.7. The Morgan fingerprint density at radius 2 is 2.38 bits per heavy atom. The first kappa shape index (κ1) is 7.59. The molecule has 13 heavy (non-hydrogen) atoms. The Hall–Kier alpha value is -2.05. The molecular formula is C6H4N4O3. The van der Waals surface area contributed by atoms with Crippen LogP contribution >= 0.6 is 0 Å². The normalized spacial score (nSPS) is 24.6. The fourth-order valence-electron chi connectivity index (χ4n) is 1.15. The molecule has 0 bridgehead atoms. The summed E-state index contributed by atoms with van der Waals surface area (Å²) >= 11 is 0. The van der Waals surface area contributed by atoms with E-state index in [0.717, 1.165) is 12.5 Å². The molecule has 7 heteroatoms. The molecule has 7 nitrogen and oxygen atoms in total. The number of carbonyl (C=O) groups is 1. The fraction of sp³-hybridized carbons (Fsp3) is 0.167. The highest BCUT2D eigenvalue weighted by molar-refractivity contribution is 6.44. The van der Waals surface area contributed by atoms with E-state index in [1.54, 1.807) is 0 Å². The van der Waals surface area contributed by atoms with Gasteiger partial charge in [-0.25, -0.2) is 4.99 Å². The van der Waals surface area contributed by atoms with Crippen molar-refractivity contribution in [1.29, 1.82) is 0 Å². The second kappa shape index (κ2) is 2.47. The maximum atomic E-state index is 11.1. The summed E-state index contributed by atoms with van der Waals surface area (Å²) in [4.78, 5) is 28.3. The van der Waals surface area contributed by atoms with Gasteiger partial charge in [0.05, 0.1) is 11.1 Å². The van der Waals surface area contributed by atoms with Crippen molar-refractivity contribution in [3.05, 3.63) is 22.0 Å². The second-order valence-corrected chi connectivity index (χ2v) is 2.48. The van der Waals surface area contributed by atoms with Crippen LogP contribution in [0.4, 0.5) is 0 Å². The molecular weight excluding hydrogens is 176 g/mol. The van der Waals surface area contributed by atoms with Crippen LogP contribution in [0.25, 0.3) is 0 Å². The minimum atomic E-state index is -0.830. The smallest absolute Gasteiger partial charge is 0.292 e. The van der Waals surface area contributed by atoms with Gasteiger partial charge in [-0.2, -0.15) is 0 Å². The Balaban J connectivity index is 2.43. The monoisotopic (exact) mass is 180 g/mol. The highest BCUT2D eigenvalue weighted by Crippen LogP contribution is 2.16. The topological polar surface area (TPSA) is 97.0 Å². The summed E-state index contributed by atoms with van der Waals surface area (Å²) in [6.07, 6.45) is 2.21. The van der Waals surface area contributed by atoms with Crippen molar-refractivity contribution in [1.82, 2.24) is 5.32 Å². The third-order valence-corrected chi connectivity index (χ3v) is 1.75. The zero-order chi connectivity index (χ0) is 9.42. The lowest BCUT2D eigenvalue weighted by Crippen LogP contribution is -2.41. The average molecular weight is 180 g/mol. The minimum Gasteiger partial charge on any atom is -0.321 e. The fourth-order valence-corrected chi connectivity index (χ4v) is 1.15. The molecule has 1 N–H and O–H groups in total. The molecule has 66 valence electrons. The zero-order valence-electron chi connectivity index (χ0n) is 6.30. The van der Waals surface area contributed by atoms with E-state index in [4.69, 9.17) is 0 Å². The predicted molar refractivity (Wildman–Crippen MR) is 42.9 cm³/mol. The molecule has 0 radical (unpaired) electrons. The van der Waals surface area contributed by atoms with Gasteiger partial charge in [0, 0.05) is 0 Å². The van der Waals surface area contributed by atoms with Gasteiger partial charge >= 0.3 is 0 Å². The van der Waals surface area contributed by atoms with Gasteiger partial charge in [-0.1, -0.05) is 0 Å². The molecule has 1 unspecified atom stereocenters. The Labute approximate surface area is 72.0 Å². The first-order chi connectivity index (χ1) is 6.20. The molecule has 0 aliphatic carbocycles. The molecule has 2 aliphatic rings. The third-order valence-electron chi connectivity index (χ3n) is 1.75. The largest absolute Gasteiger partial charge is 0.321 e. The summed E-state index contributed by atoms with van der Waals surface area (Å²) in [7, 11) is 0. The van der Waals surface area contributed by atoms with Crippen molar-refractivity contribution < 1.29 is 9.72 Å². The van der Waals surface area contributed by atoms with Crippen LogP contribution in [0.1, 0.15) is 0 Å². The summed E-state index contributed by atoms with van der Waals surface area (Å²) in [6.45, 7) is 0. The molecule has 1 atom stereocenters. The van der Waals surface area contributed by atoms with Gasteiger partial charge in [-0.3, -0.25) is 19.9 Å². The first-order valence-corrected chi connectivity index (χ1v) is 3.45. The van der Waals surface area contributed by atoms with E-state index in [2.05, 4.69) is 15.3 Å². The standard InChI is InChI=1S/C6H4N4O3/c11-6-5-4(8-2-9-5)3(1-7-6)10(12)13/h1-2,4H,(H,7,11). The van der Waals surface area contributed by atoms with Crippen LogP contribution in [-0.2, 0) is 4.79 Å². The molecule has 0 fully saturated rings. The average Bonchev–Trinajstić information content (AvgIpc) is 2.53. The van der Waals surface area contributed by atoms with Gasteiger partial charge in [0.2, 0.25) is 0 Å². The molecule has 0 aromatic rings. The van der Waals surface area contributed by atoms with Crippen molar-refractivity contribution in [2.24, 2.45) is 9.98 Å². The van der Waals surface area contributed by atoms with Crippen LogP contribution in [0.2, 0.25) is 0 Å². The summed E-state index contributed by atoms with van der Waals surface area (Å²) in [5.41, 5.74) is -0.0821. The van der Waals surface area contributed by atoms with Crippen molar-refractivity contribution in [3.8, 4) is 0 Å². The Morgan fingerprint density at radius 1 is 1.62 bits per heavy atom. The number of fused-ring (bicyclic) bond motifs is 1. The number of nitrogens with one attached hydrogen (secondary N) is 1. The highest BCUT2D eigenvalue weighted by atomic mass is 16.6. The van der Waals surface area contributed by atoms with Gasteiger partial charge < -0.3 is 5.32 Å². The van der Waals surface area contributed by atoms with Gasteiger partial charge in [0.15, 0.2) is 6.04 Å². The molecule has 0 aromatic carbocycles. The van der Waals surface area contributed by atoms with Gasteiger partial charge in [-0.15, -0.1) is 0 Å². The quantitative estimate of drug-likeness (QED) is 0.417. The third kappa shape index (κ3) is 1.01. The lowest BCUT2D eigenvalue weighted by molar-refractivity contribution is -0.428. The number of hydrogen-bond acceptors (Lipinski definition) is 5. The summed E-state index contributed by atoms with van der Waals surface area (Å²) in [6, 6.07) is -0.830. The van der Waals surface area contributed by atoms with Crippen molar-refractivity contribution in [2.45, 2.75) is 6.04 Å². The van der Waals surface area contributed by atoms with E-state index in [9.17, 15) is 14.9 Å². The second-order valence-electron chi connectivity index (χ2n) is 2.48. The van der Waals surface area contributed by atoms with E-state index in [0.29, 0.717) is 0 Å². The Bertz CT molecular complexity index is 381. The molecule has 0 aromatic heterocycles. The SMILES string of the molecule is O=C1NC=C([N+](=O)[O-])C2N=CN=C12. The van der Waals surface area contributed by atoms with Crippen LogP contribution in [0.5, 0.6) is 0 Å². The lowest BCUT2D eigenvalue weighted by Gasteiger charge is -2.12. The van der Waals surface area contributed by atoms with Crippen LogP contribution < -0.4 is 5.32 Å². The Morgan fingerprint density at radius 3 is 3.08 bits per heavy atom. The van der Waals surface area contributed by atoms with E-state index >= 15 is 0 Å². The predicted octanol–water partition coefficient (Wildman–Crippen LogP) is -0.914. The molecule has 0 spiro atoms. The molecule has 2 heterocycles. The molecule has 2 aliphatic heterocycles. The van der Waals surface area contributed by atoms with Crippen LogP contribution in [0, 0.1) is 10.1 Å². The highest BCUT2D eigenvalue weighted by Gasteiger charge is 2.38. The molecule has 0 saturated heterocycles. The van der Waals surface area contributed by atoms with Gasteiger partial charge in [0.25, 0.3) is 11.6 Å². The van der Waals surface area contributed by atoms with Gasteiger partial charge in [-0.05, 0) is 0 Å². The number of hydrogen-bond donors (Lipinski definition) is 1. The van der Waals surface area contributed by atoms with Gasteiger partial charge in [0.1, 0.15) is 12.1 Å². The van der Waals surface area contributed by atoms with E-state index in [-0.39, 0.29) is 11.4 Å². The number of amides is 1. The van der Waals surface area contributed by atoms with E-state index in [1.807, 2.05) is 0 Å². The number of carbonyl (C=O) groups excluding carboxylic acids is 1. The van der Waals surface area contributed by atoms with Crippen molar-refractivity contribution >= 4 is 18.0 Å². The zero-order valence-corrected chi connectivity index (χ0v) is 6.30. The number of nitro groups is 1. The van der Waals surface area contributed by atoms with Crippen LogP contribution in [-0.4, -0.2) is 28.9 Å². The van der Waals surface area contributed by atoms with Crippen molar-refractivity contribution in [3.63, 3.8) is 0 Å². The maximum Gasteiger partial charge on any atom is 0.292 e.